The number of aromatic nitrogens is 2. The summed E-state index contributed by atoms with van der Waals surface area (Å²) in [7, 11) is 0. The summed E-state index contributed by atoms with van der Waals surface area (Å²) in [5.74, 6) is 0. The van der Waals surface area contributed by atoms with Crippen molar-refractivity contribution in [2.75, 3.05) is 10.6 Å². The molecule has 0 radical (unpaired) electrons. The van der Waals surface area contributed by atoms with E-state index in [-0.39, 0.29) is 16.5 Å². The van der Waals surface area contributed by atoms with E-state index in [0.29, 0.717) is 5.69 Å². The molecule has 0 saturated heterocycles. The highest BCUT2D eigenvalue weighted by atomic mass is 32.1. The van der Waals surface area contributed by atoms with Gasteiger partial charge >= 0.3 is 12.2 Å². The molecule has 0 bridgehead atoms. The number of halogens is 3. The lowest BCUT2D eigenvalue weighted by Crippen LogP contribution is -2.19. The lowest BCUT2D eigenvalue weighted by molar-refractivity contribution is -0.138. The van der Waals surface area contributed by atoms with E-state index in [2.05, 4.69) is 20.8 Å². The van der Waals surface area contributed by atoms with E-state index >= 15 is 0 Å². The van der Waals surface area contributed by atoms with E-state index < -0.39 is 17.2 Å². The topological polar surface area (TPSA) is 66.9 Å². The number of nitrogens with zero attached hydrogens (tertiary/aromatic N) is 2. The number of alkyl halides is 3. The van der Waals surface area contributed by atoms with Gasteiger partial charge in [-0.15, -0.1) is 10.2 Å². The van der Waals surface area contributed by atoms with Crippen molar-refractivity contribution >= 4 is 28.2 Å². The Kier molecular flexibility index (Phi) is 3.89. The van der Waals surface area contributed by atoms with Crippen molar-refractivity contribution in [3.63, 3.8) is 0 Å². The van der Waals surface area contributed by atoms with Crippen LogP contribution in [0.3, 0.4) is 0 Å². The minimum absolute atomic E-state index is 0.220. The fraction of sp³-hybridized carbons (Fsp3) is 0.182. The van der Waals surface area contributed by atoms with E-state index in [0.717, 1.165) is 5.56 Å². The van der Waals surface area contributed by atoms with Crippen molar-refractivity contribution < 1.29 is 18.0 Å². The summed E-state index contributed by atoms with van der Waals surface area (Å²) >= 11 is 0.262. The summed E-state index contributed by atoms with van der Waals surface area (Å²) in [6, 6.07) is 6.26. The molecular formula is C11H9F3N4OS. The first kappa shape index (κ1) is 14.3. The van der Waals surface area contributed by atoms with Gasteiger partial charge in [-0.25, -0.2) is 4.79 Å². The van der Waals surface area contributed by atoms with Crippen LogP contribution in [0.15, 0.2) is 24.3 Å². The van der Waals surface area contributed by atoms with Crippen LogP contribution in [-0.4, -0.2) is 16.2 Å². The summed E-state index contributed by atoms with van der Waals surface area (Å²) in [5.41, 5.74) is 1.54. The standard InChI is InChI=1S/C11H9F3N4OS/c1-6-2-4-7(5-3-6)15-9(19)16-10-18-17-8(20-10)11(12,13)14/h2-5H,1H3,(H2,15,16,18,19). The molecule has 1 aromatic heterocycles. The van der Waals surface area contributed by atoms with Crippen LogP contribution < -0.4 is 10.6 Å². The fourth-order valence-corrected chi connectivity index (χ4v) is 1.89. The van der Waals surface area contributed by atoms with Gasteiger partial charge in [-0.1, -0.05) is 29.0 Å². The summed E-state index contributed by atoms with van der Waals surface area (Å²) in [6.07, 6.45) is -4.56. The predicted molar refractivity (Wildman–Crippen MR) is 68.7 cm³/mol. The molecule has 0 saturated carbocycles. The van der Waals surface area contributed by atoms with Gasteiger partial charge in [0.05, 0.1) is 0 Å². The van der Waals surface area contributed by atoms with Gasteiger partial charge in [-0.05, 0) is 19.1 Å². The van der Waals surface area contributed by atoms with E-state index in [1.165, 1.54) is 0 Å². The zero-order chi connectivity index (χ0) is 14.8. The second-order valence-corrected chi connectivity index (χ2v) is 4.83. The molecule has 0 atom stereocenters. The molecule has 2 rings (SSSR count). The van der Waals surface area contributed by atoms with Crippen molar-refractivity contribution in [2.45, 2.75) is 13.1 Å². The molecule has 0 fully saturated rings. The number of rotatable bonds is 2. The molecule has 0 aliphatic rings. The lowest BCUT2D eigenvalue weighted by atomic mass is 10.2. The first-order chi connectivity index (χ1) is 9.34. The van der Waals surface area contributed by atoms with E-state index in [1.807, 2.05) is 6.92 Å². The zero-order valence-electron chi connectivity index (χ0n) is 10.2. The Morgan fingerprint density at radius 1 is 1.15 bits per heavy atom. The average molecular weight is 302 g/mol. The van der Waals surface area contributed by atoms with Crippen molar-refractivity contribution in [1.82, 2.24) is 10.2 Å². The first-order valence-corrected chi connectivity index (χ1v) is 6.21. The van der Waals surface area contributed by atoms with Gasteiger partial charge in [0.1, 0.15) is 0 Å². The second kappa shape index (κ2) is 5.45. The minimum Gasteiger partial charge on any atom is -0.308 e. The normalized spacial score (nSPS) is 11.2. The number of nitrogens with one attached hydrogen (secondary N) is 2. The molecule has 5 nitrogen and oxygen atoms in total. The summed E-state index contributed by atoms with van der Waals surface area (Å²) in [5, 5.41) is 9.55. The maximum absolute atomic E-state index is 12.3. The Morgan fingerprint density at radius 2 is 1.80 bits per heavy atom. The van der Waals surface area contributed by atoms with E-state index in [4.69, 9.17) is 0 Å². The Bertz CT molecular complexity index is 609. The molecule has 20 heavy (non-hydrogen) atoms. The molecule has 2 N–H and O–H groups in total. The third-order valence-electron chi connectivity index (χ3n) is 2.20. The maximum Gasteiger partial charge on any atom is 0.445 e. The Balaban J connectivity index is 1.98. The summed E-state index contributed by atoms with van der Waals surface area (Å²) in [4.78, 5) is 11.6. The number of urea groups is 1. The van der Waals surface area contributed by atoms with Gasteiger partial charge in [0, 0.05) is 5.69 Å². The van der Waals surface area contributed by atoms with Gasteiger partial charge in [0.25, 0.3) is 0 Å². The summed E-state index contributed by atoms with van der Waals surface area (Å²) < 4.78 is 36.9. The van der Waals surface area contributed by atoms with Crippen LogP contribution >= 0.6 is 11.3 Å². The molecule has 0 spiro atoms. The summed E-state index contributed by atoms with van der Waals surface area (Å²) in [6.45, 7) is 1.89. The minimum atomic E-state index is -4.56. The highest BCUT2D eigenvalue weighted by molar-refractivity contribution is 7.15. The van der Waals surface area contributed by atoms with Gasteiger partial charge < -0.3 is 5.32 Å². The number of anilines is 2. The maximum atomic E-state index is 12.3. The fourth-order valence-electron chi connectivity index (χ4n) is 1.28. The highest BCUT2D eigenvalue weighted by Crippen LogP contribution is 2.32. The third-order valence-corrected chi connectivity index (χ3v) is 3.08. The van der Waals surface area contributed by atoms with Crippen LogP contribution in [0.5, 0.6) is 0 Å². The number of benzene rings is 1. The second-order valence-electron chi connectivity index (χ2n) is 3.86. The number of aryl methyl sites for hydroxylation is 1. The van der Waals surface area contributed by atoms with Crippen LogP contribution in [0.4, 0.5) is 28.8 Å². The van der Waals surface area contributed by atoms with Crippen molar-refractivity contribution in [3.8, 4) is 0 Å². The van der Waals surface area contributed by atoms with Gasteiger partial charge in [0.2, 0.25) is 10.1 Å². The number of amides is 2. The smallest absolute Gasteiger partial charge is 0.308 e. The van der Waals surface area contributed by atoms with Gasteiger partial charge in [-0.2, -0.15) is 13.2 Å². The quantitative estimate of drug-likeness (QED) is 0.892. The molecule has 0 aliphatic carbocycles. The van der Waals surface area contributed by atoms with Crippen molar-refractivity contribution in [3.05, 3.63) is 34.8 Å². The molecule has 0 unspecified atom stereocenters. The molecule has 2 aromatic rings. The Hall–Kier alpha value is -2.16. The van der Waals surface area contributed by atoms with Crippen LogP contribution in [0.1, 0.15) is 10.6 Å². The highest BCUT2D eigenvalue weighted by Gasteiger charge is 2.35. The molecule has 1 aromatic carbocycles. The lowest BCUT2D eigenvalue weighted by Gasteiger charge is -2.05. The average Bonchev–Trinajstić information content (AvgIpc) is 2.80. The predicted octanol–water partition coefficient (Wildman–Crippen LogP) is 3.51. The monoisotopic (exact) mass is 302 g/mol. The van der Waals surface area contributed by atoms with E-state index in [9.17, 15) is 18.0 Å². The van der Waals surface area contributed by atoms with Crippen LogP contribution in [0.25, 0.3) is 0 Å². The number of carbonyl (C=O) groups is 1. The van der Waals surface area contributed by atoms with Gasteiger partial charge in [0.15, 0.2) is 0 Å². The number of carbonyl (C=O) groups excluding carboxylic acids is 1. The zero-order valence-corrected chi connectivity index (χ0v) is 11.0. The van der Waals surface area contributed by atoms with E-state index in [1.54, 1.807) is 24.3 Å². The van der Waals surface area contributed by atoms with Crippen molar-refractivity contribution in [1.29, 1.82) is 0 Å². The van der Waals surface area contributed by atoms with Crippen LogP contribution in [0.2, 0.25) is 0 Å². The Morgan fingerprint density at radius 3 is 2.35 bits per heavy atom. The molecule has 2 amide bonds. The SMILES string of the molecule is Cc1ccc(NC(=O)Nc2nnc(C(F)(F)F)s2)cc1. The molecular weight excluding hydrogens is 293 g/mol. The third kappa shape index (κ3) is 3.67. The molecule has 1 heterocycles. The Labute approximate surface area is 115 Å². The molecule has 106 valence electrons. The van der Waals surface area contributed by atoms with Crippen LogP contribution in [0, 0.1) is 6.92 Å². The number of hydrogen-bond donors (Lipinski definition) is 2. The largest absolute Gasteiger partial charge is 0.445 e. The molecule has 0 aliphatic heterocycles. The number of hydrogen-bond acceptors (Lipinski definition) is 4. The van der Waals surface area contributed by atoms with Crippen molar-refractivity contribution in [2.24, 2.45) is 0 Å². The first-order valence-electron chi connectivity index (χ1n) is 5.40. The van der Waals surface area contributed by atoms with Crippen LogP contribution in [-0.2, 0) is 6.18 Å². The molecule has 9 heteroatoms. The van der Waals surface area contributed by atoms with Gasteiger partial charge in [-0.3, -0.25) is 5.32 Å².